The zero-order valence-electron chi connectivity index (χ0n) is 21.0. The minimum Gasteiger partial charge on any atom is -0.464 e. The van der Waals surface area contributed by atoms with E-state index in [9.17, 15) is 0 Å². The second-order valence-corrected chi connectivity index (χ2v) is 8.71. The maximum Gasteiger partial charge on any atom is 0.320 e. The SMILES string of the molecule is CCCN(CCC)c1cc(N/N=c2\ccoc3ccc(C)cc23)nc(OCCN2CCOCC2)n1. The van der Waals surface area contributed by atoms with Crippen molar-refractivity contribution in [3.8, 4) is 6.01 Å². The largest absolute Gasteiger partial charge is 0.464 e. The van der Waals surface area contributed by atoms with Crippen molar-refractivity contribution in [2.75, 3.05) is 62.9 Å². The molecule has 188 valence electrons. The van der Waals surface area contributed by atoms with Gasteiger partial charge < -0.3 is 18.8 Å². The molecule has 0 aliphatic carbocycles. The molecule has 4 rings (SSSR count). The Morgan fingerprint density at radius 2 is 1.89 bits per heavy atom. The van der Waals surface area contributed by atoms with Gasteiger partial charge >= 0.3 is 6.01 Å². The summed E-state index contributed by atoms with van der Waals surface area (Å²) in [5, 5.41) is 6.36. The van der Waals surface area contributed by atoms with Crippen LogP contribution in [0, 0.1) is 6.92 Å². The van der Waals surface area contributed by atoms with Crippen LogP contribution in [0.25, 0.3) is 11.0 Å². The summed E-state index contributed by atoms with van der Waals surface area (Å²) < 4.78 is 17.1. The lowest BCUT2D eigenvalue weighted by atomic mass is 10.1. The molecule has 1 N–H and O–H groups in total. The molecule has 1 aromatic carbocycles. The number of benzene rings is 1. The van der Waals surface area contributed by atoms with Crippen molar-refractivity contribution < 1.29 is 13.9 Å². The van der Waals surface area contributed by atoms with E-state index in [2.05, 4.69) is 52.1 Å². The van der Waals surface area contributed by atoms with Crippen molar-refractivity contribution in [1.29, 1.82) is 0 Å². The summed E-state index contributed by atoms with van der Waals surface area (Å²) in [6.07, 6.45) is 3.71. The highest BCUT2D eigenvalue weighted by atomic mass is 16.5. The Kier molecular flexibility index (Phi) is 8.91. The number of rotatable bonds is 11. The summed E-state index contributed by atoms with van der Waals surface area (Å²) in [7, 11) is 0. The lowest BCUT2D eigenvalue weighted by molar-refractivity contribution is 0.0317. The van der Waals surface area contributed by atoms with Gasteiger partial charge in [0.2, 0.25) is 0 Å². The van der Waals surface area contributed by atoms with Gasteiger partial charge in [0.05, 0.1) is 24.8 Å². The molecule has 35 heavy (non-hydrogen) atoms. The highest BCUT2D eigenvalue weighted by molar-refractivity contribution is 5.76. The number of anilines is 2. The molecular formula is C26H36N6O3. The Labute approximate surface area is 206 Å². The summed E-state index contributed by atoms with van der Waals surface area (Å²) in [4.78, 5) is 13.9. The number of nitrogens with one attached hydrogen (secondary N) is 1. The van der Waals surface area contributed by atoms with Crippen LogP contribution in [-0.2, 0) is 4.74 Å². The van der Waals surface area contributed by atoms with Crippen molar-refractivity contribution in [2.24, 2.45) is 5.10 Å². The predicted molar refractivity (Wildman–Crippen MR) is 138 cm³/mol. The third-order valence-corrected chi connectivity index (χ3v) is 5.87. The van der Waals surface area contributed by atoms with Gasteiger partial charge in [0, 0.05) is 50.2 Å². The summed E-state index contributed by atoms with van der Waals surface area (Å²) in [5.74, 6) is 1.43. The normalized spacial score (nSPS) is 14.9. The number of aryl methyl sites for hydroxylation is 1. The zero-order chi connectivity index (χ0) is 24.5. The van der Waals surface area contributed by atoms with Gasteiger partial charge in [-0.05, 0) is 31.9 Å². The van der Waals surface area contributed by atoms with E-state index in [1.807, 2.05) is 24.3 Å². The molecule has 1 fully saturated rings. The van der Waals surface area contributed by atoms with E-state index in [0.29, 0.717) is 18.4 Å². The van der Waals surface area contributed by atoms with E-state index >= 15 is 0 Å². The van der Waals surface area contributed by atoms with Gasteiger partial charge in [0.25, 0.3) is 0 Å². The Hall–Kier alpha value is -3.17. The molecule has 1 saturated heterocycles. The molecule has 3 heterocycles. The first kappa shape index (κ1) is 24.9. The first-order valence-corrected chi connectivity index (χ1v) is 12.5. The van der Waals surface area contributed by atoms with Crippen molar-refractivity contribution in [1.82, 2.24) is 14.9 Å². The summed E-state index contributed by atoms with van der Waals surface area (Å²) in [6, 6.07) is 10.2. The standard InChI is InChI=1S/C26H36N6O3/c1-4-9-32(10-5-2)25-19-24(27-26(28-25)35-17-13-31-11-15-33-16-12-31)30-29-22-8-14-34-23-7-6-20(3)18-21(22)23/h6-8,14,18-19H,4-5,9-13,15-17H2,1-3H3,(H,27,28,30)/b29-22+. The van der Waals surface area contributed by atoms with Crippen LogP contribution < -0.4 is 20.4 Å². The number of morpholine rings is 1. The molecule has 9 nitrogen and oxygen atoms in total. The average Bonchev–Trinajstić information content (AvgIpc) is 2.88. The summed E-state index contributed by atoms with van der Waals surface area (Å²) in [5.41, 5.74) is 5.06. The van der Waals surface area contributed by atoms with Crippen LogP contribution in [0.2, 0.25) is 0 Å². The number of aromatic nitrogens is 2. The first-order chi connectivity index (χ1) is 17.2. The van der Waals surface area contributed by atoms with Crippen LogP contribution in [0.4, 0.5) is 11.6 Å². The maximum absolute atomic E-state index is 6.01. The topological polar surface area (TPSA) is 88.2 Å². The van der Waals surface area contributed by atoms with Gasteiger partial charge in [0.1, 0.15) is 18.0 Å². The van der Waals surface area contributed by atoms with Crippen LogP contribution in [0.5, 0.6) is 6.01 Å². The third-order valence-electron chi connectivity index (χ3n) is 5.87. The summed E-state index contributed by atoms with van der Waals surface area (Å²) in [6.45, 7) is 13.0. The Balaban J connectivity index is 1.58. The fourth-order valence-corrected chi connectivity index (χ4v) is 4.09. The lowest BCUT2D eigenvalue weighted by Gasteiger charge is -2.26. The molecule has 2 aromatic heterocycles. The fourth-order valence-electron chi connectivity index (χ4n) is 4.09. The molecule has 0 amide bonds. The number of ether oxygens (including phenoxy) is 2. The van der Waals surface area contributed by atoms with Gasteiger partial charge in [-0.15, -0.1) is 0 Å². The van der Waals surface area contributed by atoms with E-state index in [4.69, 9.17) is 18.9 Å². The van der Waals surface area contributed by atoms with Gasteiger partial charge in [-0.1, -0.05) is 25.5 Å². The van der Waals surface area contributed by atoms with Crippen LogP contribution in [-0.4, -0.2) is 67.4 Å². The molecular weight excluding hydrogens is 444 g/mol. The van der Waals surface area contributed by atoms with Crippen LogP contribution in [0.1, 0.15) is 32.3 Å². The number of fused-ring (bicyclic) bond motifs is 1. The molecule has 1 aliphatic heterocycles. The zero-order valence-corrected chi connectivity index (χ0v) is 21.0. The van der Waals surface area contributed by atoms with Gasteiger partial charge in [0.15, 0.2) is 5.82 Å². The Bertz CT molecular complexity index is 1150. The van der Waals surface area contributed by atoms with Crippen molar-refractivity contribution in [2.45, 2.75) is 33.6 Å². The lowest BCUT2D eigenvalue weighted by Crippen LogP contribution is -2.38. The second-order valence-electron chi connectivity index (χ2n) is 8.71. The van der Waals surface area contributed by atoms with Gasteiger partial charge in [-0.2, -0.15) is 15.1 Å². The first-order valence-electron chi connectivity index (χ1n) is 12.5. The molecule has 1 aliphatic rings. The van der Waals surface area contributed by atoms with E-state index < -0.39 is 0 Å². The molecule has 0 spiro atoms. The smallest absolute Gasteiger partial charge is 0.320 e. The molecule has 3 aromatic rings. The molecule has 0 radical (unpaired) electrons. The van der Waals surface area contributed by atoms with E-state index in [0.717, 1.165) is 86.5 Å². The number of hydrogen-bond donors (Lipinski definition) is 1. The fraction of sp³-hybridized carbons (Fsp3) is 0.500. The third kappa shape index (κ3) is 6.93. The Morgan fingerprint density at radius 1 is 1.09 bits per heavy atom. The highest BCUT2D eigenvalue weighted by Gasteiger charge is 2.14. The van der Waals surface area contributed by atoms with Crippen LogP contribution in [0.15, 0.2) is 46.1 Å². The minimum absolute atomic E-state index is 0.356. The van der Waals surface area contributed by atoms with Crippen LogP contribution >= 0.6 is 0 Å². The average molecular weight is 481 g/mol. The van der Waals surface area contributed by atoms with E-state index in [-0.39, 0.29) is 0 Å². The second kappa shape index (κ2) is 12.5. The molecule has 0 saturated carbocycles. The van der Waals surface area contributed by atoms with E-state index in [1.54, 1.807) is 6.26 Å². The molecule has 0 unspecified atom stereocenters. The van der Waals surface area contributed by atoms with Gasteiger partial charge in [-0.3, -0.25) is 10.3 Å². The number of nitrogens with zero attached hydrogens (tertiary/aromatic N) is 5. The van der Waals surface area contributed by atoms with Crippen LogP contribution in [0.3, 0.4) is 0 Å². The molecule has 0 bridgehead atoms. The minimum atomic E-state index is 0.356. The number of hydrogen-bond acceptors (Lipinski definition) is 9. The Morgan fingerprint density at radius 3 is 2.66 bits per heavy atom. The quantitative estimate of drug-likeness (QED) is 0.415. The molecule has 9 heteroatoms. The van der Waals surface area contributed by atoms with Crippen molar-refractivity contribution in [3.05, 3.63) is 47.5 Å². The summed E-state index contributed by atoms with van der Waals surface area (Å²) >= 11 is 0. The monoisotopic (exact) mass is 480 g/mol. The molecule has 0 atom stereocenters. The van der Waals surface area contributed by atoms with Crippen molar-refractivity contribution in [3.63, 3.8) is 0 Å². The maximum atomic E-state index is 6.01. The van der Waals surface area contributed by atoms with E-state index in [1.165, 1.54) is 0 Å². The van der Waals surface area contributed by atoms with Gasteiger partial charge in [-0.25, -0.2) is 0 Å². The van der Waals surface area contributed by atoms with Crippen molar-refractivity contribution >= 4 is 22.6 Å². The predicted octanol–water partition coefficient (Wildman–Crippen LogP) is 3.80. The highest BCUT2D eigenvalue weighted by Crippen LogP contribution is 2.21.